The van der Waals surface area contributed by atoms with Gasteiger partial charge in [0.2, 0.25) is 16.9 Å². The van der Waals surface area contributed by atoms with Crippen molar-refractivity contribution in [1.29, 1.82) is 0 Å². The Morgan fingerprint density at radius 3 is 2.66 bits per heavy atom. The molecule has 2 aromatic heterocycles. The fourth-order valence-corrected chi connectivity index (χ4v) is 3.67. The molecule has 1 fully saturated rings. The molecular formula is C16H25N9O3S. The molecule has 3 rings (SSSR count). The van der Waals surface area contributed by atoms with Gasteiger partial charge in [0.25, 0.3) is 5.91 Å². The summed E-state index contributed by atoms with van der Waals surface area (Å²) >= 11 is 1.29. The second-order valence-corrected chi connectivity index (χ2v) is 7.53. The van der Waals surface area contributed by atoms with E-state index in [1.807, 2.05) is 0 Å². The van der Waals surface area contributed by atoms with Crippen LogP contribution in [0.4, 0.5) is 0 Å². The van der Waals surface area contributed by atoms with Crippen LogP contribution in [0.15, 0.2) is 11.4 Å². The molecule has 1 aliphatic heterocycles. The maximum atomic E-state index is 12.7. The van der Waals surface area contributed by atoms with E-state index in [-0.39, 0.29) is 17.6 Å². The fourth-order valence-electron chi connectivity index (χ4n) is 2.99. The highest BCUT2D eigenvalue weighted by Crippen LogP contribution is 2.18. The Labute approximate surface area is 172 Å². The number of nitrogens with zero attached hydrogens (tertiary/aromatic N) is 8. The Morgan fingerprint density at radius 2 is 2.00 bits per heavy atom. The second-order valence-electron chi connectivity index (χ2n) is 6.58. The SMILES string of the molecule is COc1nn(C)cc1C(=O)N1CCN(CCNC(=O)CSc2nnnn2C)CC1. The van der Waals surface area contributed by atoms with E-state index in [9.17, 15) is 9.59 Å². The number of rotatable bonds is 8. The molecule has 2 amide bonds. The number of hydrogen-bond donors (Lipinski definition) is 1. The van der Waals surface area contributed by atoms with Crippen LogP contribution in [0.1, 0.15) is 10.4 Å². The van der Waals surface area contributed by atoms with Crippen LogP contribution in [0.2, 0.25) is 0 Å². The lowest BCUT2D eigenvalue weighted by molar-refractivity contribution is -0.118. The summed E-state index contributed by atoms with van der Waals surface area (Å²) in [6, 6.07) is 0. The number of carbonyl (C=O) groups is 2. The highest BCUT2D eigenvalue weighted by atomic mass is 32.2. The lowest BCUT2D eigenvalue weighted by Crippen LogP contribution is -2.50. The molecule has 2 aromatic rings. The third-order valence-electron chi connectivity index (χ3n) is 4.54. The summed E-state index contributed by atoms with van der Waals surface area (Å²) in [7, 11) is 5.00. The number of piperazine rings is 1. The maximum Gasteiger partial charge on any atom is 0.261 e. The van der Waals surface area contributed by atoms with Crippen LogP contribution in [-0.4, -0.2) is 104 Å². The molecule has 0 atom stereocenters. The number of methoxy groups -OCH3 is 1. The number of hydrogen-bond acceptors (Lipinski definition) is 9. The van der Waals surface area contributed by atoms with Crippen LogP contribution >= 0.6 is 11.8 Å². The molecular weight excluding hydrogens is 398 g/mol. The predicted octanol–water partition coefficient (Wildman–Crippen LogP) is -1.38. The van der Waals surface area contributed by atoms with Crippen molar-refractivity contribution in [2.24, 2.45) is 14.1 Å². The van der Waals surface area contributed by atoms with Crippen molar-refractivity contribution in [2.45, 2.75) is 5.16 Å². The van der Waals surface area contributed by atoms with Gasteiger partial charge in [-0.2, -0.15) is 0 Å². The zero-order valence-corrected chi connectivity index (χ0v) is 17.6. The van der Waals surface area contributed by atoms with Crippen LogP contribution in [0.5, 0.6) is 5.88 Å². The van der Waals surface area contributed by atoms with Gasteiger partial charge in [0.05, 0.1) is 12.9 Å². The van der Waals surface area contributed by atoms with Gasteiger partial charge in [0.1, 0.15) is 5.56 Å². The summed E-state index contributed by atoms with van der Waals surface area (Å²) in [5.41, 5.74) is 0.478. The average Bonchev–Trinajstić information content (AvgIpc) is 3.31. The third-order valence-corrected chi connectivity index (χ3v) is 5.55. The topological polar surface area (TPSA) is 123 Å². The summed E-state index contributed by atoms with van der Waals surface area (Å²) in [4.78, 5) is 28.7. The van der Waals surface area contributed by atoms with Gasteiger partial charge in [-0.05, 0) is 10.4 Å². The van der Waals surface area contributed by atoms with E-state index in [0.29, 0.717) is 36.2 Å². The minimum atomic E-state index is -0.0711. The van der Waals surface area contributed by atoms with Gasteiger partial charge < -0.3 is 15.0 Å². The molecule has 0 unspecified atom stereocenters. The molecule has 29 heavy (non-hydrogen) atoms. The minimum Gasteiger partial charge on any atom is -0.479 e. The predicted molar refractivity (Wildman–Crippen MR) is 105 cm³/mol. The molecule has 0 saturated carbocycles. The smallest absolute Gasteiger partial charge is 0.261 e. The first-order valence-corrected chi connectivity index (χ1v) is 10.2. The van der Waals surface area contributed by atoms with Crippen molar-refractivity contribution in [1.82, 2.24) is 45.1 Å². The van der Waals surface area contributed by atoms with E-state index in [2.05, 4.69) is 30.8 Å². The van der Waals surface area contributed by atoms with Crippen molar-refractivity contribution >= 4 is 23.6 Å². The first-order valence-electron chi connectivity index (χ1n) is 9.19. The van der Waals surface area contributed by atoms with Crippen LogP contribution in [0.3, 0.4) is 0 Å². The molecule has 1 saturated heterocycles. The minimum absolute atomic E-state index is 0.0597. The molecule has 13 heteroatoms. The van der Waals surface area contributed by atoms with Gasteiger partial charge in [-0.15, -0.1) is 10.2 Å². The molecule has 1 aliphatic rings. The number of carbonyl (C=O) groups excluding carboxylic acids is 2. The number of tetrazole rings is 1. The largest absolute Gasteiger partial charge is 0.479 e. The number of ether oxygens (including phenoxy) is 1. The Morgan fingerprint density at radius 1 is 1.24 bits per heavy atom. The first-order chi connectivity index (χ1) is 14.0. The standard InChI is InChI=1S/C16H25N9O3S/c1-22-10-12(14(19-22)28-3)15(27)25-8-6-24(7-9-25)5-4-17-13(26)11-29-16-18-20-21-23(16)2/h10H,4-9,11H2,1-3H3,(H,17,26). The van der Waals surface area contributed by atoms with Crippen LogP contribution < -0.4 is 10.1 Å². The molecule has 1 N–H and O–H groups in total. The van der Waals surface area contributed by atoms with Crippen molar-refractivity contribution < 1.29 is 14.3 Å². The van der Waals surface area contributed by atoms with Gasteiger partial charge >= 0.3 is 0 Å². The Balaban J connectivity index is 1.36. The van der Waals surface area contributed by atoms with E-state index in [1.165, 1.54) is 23.6 Å². The summed E-state index contributed by atoms with van der Waals surface area (Å²) in [5, 5.41) is 18.7. The van der Waals surface area contributed by atoms with Crippen molar-refractivity contribution in [2.75, 3.05) is 52.1 Å². The van der Waals surface area contributed by atoms with E-state index < -0.39 is 0 Å². The van der Waals surface area contributed by atoms with Gasteiger partial charge in [-0.25, -0.2) is 4.68 Å². The molecule has 12 nitrogen and oxygen atoms in total. The molecule has 0 aromatic carbocycles. The normalized spacial score (nSPS) is 14.8. The molecule has 0 bridgehead atoms. The van der Waals surface area contributed by atoms with E-state index in [0.717, 1.165) is 19.6 Å². The molecule has 3 heterocycles. The van der Waals surface area contributed by atoms with E-state index >= 15 is 0 Å². The van der Waals surface area contributed by atoms with Crippen molar-refractivity contribution in [3.63, 3.8) is 0 Å². The summed E-state index contributed by atoms with van der Waals surface area (Å²) < 4.78 is 8.28. The zero-order valence-electron chi connectivity index (χ0n) is 16.7. The summed E-state index contributed by atoms with van der Waals surface area (Å²) in [6.45, 7) is 4.05. The monoisotopic (exact) mass is 423 g/mol. The lowest BCUT2D eigenvalue weighted by atomic mass is 10.2. The van der Waals surface area contributed by atoms with Crippen molar-refractivity contribution in [3.05, 3.63) is 11.8 Å². The summed E-state index contributed by atoms with van der Waals surface area (Å²) in [6.07, 6.45) is 1.68. The maximum absolute atomic E-state index is 12.7. The fraction of sp³-hybridized carbons (Fsp3) is 0.625. The molecule has 0 aliphatic carbocycles. The Kier molecular flexibility index (Phi) is 7.04. The Bertz CT molecular complexity index is 845. The number of thioether (sulfide) groups is 1. The molecule has 158 valence electrons. The van der Waals surface area contributed by atoms with Gasteiger partial charge in [-0.3, -0.25) is 19.2 Å². The summed E-state index contributed by atoms with van der Waals surface area (Å²) in [5.74, 6) is 0.481. The number of amides is 2. The van der Waals surface area contributed by atoms with Gasteiger partial charge in [0, 0.05) is 59.6 Å². The highest BCUT2D eigenvalue weighted by molar-refractivity contribution is 7.99. The van der Waals surface area contributed by atoms with Crippen LogP contribution in [0.25, 0.3) is 0 Å². The molecule has 0 spiro atoms. The van der Waals surface area contributed by atoms with Crippen molar-refractivity contribution in [3.8, 4) is 5.88 Å². The second kappa shape index (κ2) is 9.69. The number of aromatic nitrogens is 6. The van der Waals surface area contributed by atoms with Gasteiger partial charge in [0.15, 0.2) is 0 Å². The quantitative estimate of drug-likeness (QED) is 0.512. The molecule has 0 radical (unpaired) electrons. The van der Waals surface area contributed by atoms with E-state index in [1.54, 1.807) is 29.9 Å². The van der Waals surface area contributed by atoms with Crippen LogP contribution in [-0.2, 0) is 18.9 Å². The van der Waals surface area contributed by atoms with E-state index in [4.69, 9.17) is 4.74 Å². The Hall–Kier alpha value is -2.67. The number of aryl methyl sites for hydroxylation is 2. The first kappa shape index (κ1) is 21.0. The average molecular weight is 424 g/mol. The number of nitrogens with one attached hydrogen (secondary N) is 1. The van der Waals surface area contributed by atoms with Crippen LogP contribution in [0, 0.1) is 0 Å². The lowest BCUT2D eigenvalue weighted by Gasteiger charge is -2.34. The van der Waals surface area contributed by atoms with Gasteiger partial charge in [-0.1, -0.05) is 11.8 Å². The third kappa shape index (κ3) is 5.44. The highest BCUT2D eigenvalue weighted by Gasteiger charge is 2.26. The zero-order chi connectivity index (χ0) is 20.8.